The molecule has 0 aliphatic rings. The Bertz CT molecular complexity index is 382. The average Bonchev–Trinajstić information content (AvgIpc) is 2.33. The molecule has 19 heavy (non-hydrogen) atoms. The Labute approximate surface area is 110 Å². The van der Waals surface area contributed by atoms with Gasteiger partial charge in [-0.1, -0.05) is 12.1 Å². The number of methoxy groups -OCH3 is 1. The maximum Gasteiger partial charge on any atom is 0.573 e. The molecule has 0 bridgehead atoms. The van der Waals surface area contributed by atoms with E-state index >= 15 is 0 Å². The van der Waals surface area contributed by atoms with Crippen LogP contribution in [-0.2, 0) is 4.74 Å². The molecule has 1 rings (SSSR count). The molecule has 6 heteroatoms. The first-order valence-electron chi connectivity index (χ1n) is 5.98. The van der Waals surface area contributed by atoms with E-state index in [0.29, 0.717) is 6.61 Å². The Morgan fingerprint density at radius 2 is 2.05 bits per heavy atom. The van der Waals surface area contributed by atoms with Gasteiger partial charge in [0.2, 0.25) is 0 Å². The number of benzene rings is 1. The van der Waals surface area contributed by atoms with Crippen molar-refractivity contribution in [2.24, 2.45) is 0 Å². The van der Waals surface area contributed by atoms with Gasteiger partial charge in [0.1, 0.15) is 5.75 Å². The minimum Gasteiger partial charge on any atom is -0.406 e. The maximum atomic E-state index is 12.2. The highest BCUT2D eigenvalue weighted by molar-refractivity contribution is 5.30. The van der Waals surface area contributed by atoms with Crippen LogP contribution in [0.1, 0.15) is 24.4 Å². The highest BCUT2D eigenvalue weighted by atomic mass is 19.4. The van der Waals surface area contributed by atoms with E-state index in [9.17, 15) is 13.2 Å². The molecule has 1 aromatic rings. The summed E-state index contributed by atoms with van der Waals surface area (Å²) in [7, 11) is 3.39. The first-order valence-corrected chi connectivity index (χ1v) is 5.98. The van der Waals surface area contributed by atoms with Gasteiger partial charge >= 0.3 is 6.36 Å². The van der Waals surface area contributed by atoms with Crippen molar-refractivity contribution >= 4 is 0 Å². The molecule has 1 N–H and O–H groups in total. The lowest BCUT2D eigenvalue weighted by Gasteiger charge is -2.17. The van der Waals surface area contributed by atoms with Crippen molar-refractivity contribution in [2.75, 3.05) is 20.8 Å². The number of ether oxygens (including phenoxy) is 2. The van der Waals surface area contributed by atoms with Crippen molar-refractivity contribution in [3.8, 4) is 5.75 Å². The maximum absolute atomic E-state index is 12.2. The largest absolute Gasteiger partial charge is 0.573 e. The molecule has 0 aromatic heterocycles. The molecule has 0 saturated heterocycles. The standard InChI is InChI=1S/C13H18F3NO2/c1-17-12(7-4-8-18-2)10-5-3-6-11(9-10)19-13(14,15)16/h3,5-6,9,12,17H,4,7-8H2,1-2H3. The summed E-state index contributed by atoms with van der Waals surface area (Å²) in [6.45, 7) is 0.622. The van der Waals surface area contributed by atoms with Crippen molar-refractivity contribution in [2.45, 2.75) is 25.2 Å². The first kappa shape index (κ1) is 15.8. The number of halogens is 3. The summed E-state index contributed by atoms with van der Waals surface area (Å²) in [6, 6.07) is 6.00. The summed E-state index contributed by atoms with van der Waals surface area (Å²) in [4.78, 5) is 0. The molecule has 0 heterocycles. The zero-order valence-corrected chi connectivity index (χ0v) is 11.0. The highest BCUT2D eigenvalue weighted by Crippen LogP contribution is 2.26. The number of hydrogen-bond donors (Lipinski definition) is 1. The van der Waals surface area contributed by atoms with Gasteiger partial charge in [-0.3, -0.25) is 0 Å². The number of nitrogens with one attached hydrogen (secondary N) is 1. The van der Waals surface area contributed by atoms with E-state index in [0.717, 1.165) is 18.4 Å². The lowest BCUT2D eigenvalue weighted by molar-refractivity contribution is -0.274. The zero-order chi connectivity index (χ0) is 14.3. The van der Waals surface area contributed by atoms with Crippen molar-refractivity contribution in [1.82, 2.24) is 5.32 Å². The molecule has 1 aromatic carbocycles. The Morgan fingerprint density at radius 1 is 1.32 bits per heavy atom. The lowest BCUT2D eigenvalue weighted by Crippen LogP contribution is -2.19. The summed E-state index contributed by atoms with van der Waals surface area (Å²) in [5.41, 5.74) is 0.764. The highest BCUT2D eigenvalue weighted by Gasteiger charge is 2.31. The van der Waals surface area contributed by atoms with Crippen LogP contribution in [0.25, 0.3) is 0 Å². The van der Waals surface area contributed by atoms with E-state index in [4.69, 9.17) is 4.74 Å². The second-order valence-corrected chi connectivity index (χ2v) is 4.10. The average molecular weight is 277 g/mol. The molecule has 0 radical (unpaired) electrons. The van der Waals surface area contributed by atoms with Gasteiger partial charge in [-0.25, -0.2) is 0 Å². The van der Waals surface area contributed by atoms with Crippen molar-refractivity contribution < 1.29 is 22.6 Å². The Morgan fingerprint density at radius 3 is 2.63 bits per heavy atom. The molecule has 0 amide bonds. The molecule has 1 atom stereocenters. The summed E-state index contributed by atoms with van der Waals surface area (Å²) in [6.07, 6.45) is -3.06. The van der Waals surface area contributed by atoms with Crippen LogP contribution < -0.4 is 10.1 Å². The van der Waals surface area contributed by atoms with Gasteiger partial charge < -0.3 is 14.8 Å². The third kappa shape index (κ3) is 5.94. The SMILES string of the molecule is CNC(CCCOC)c1cccc(OC(F)(F)F)c1. The molecule has 0 spiro atoms. The summed E-state index contributed by atoms with van der Waals surface area (Å²) >= 11 is 0. The smallest absolute Gasteiger partial charge is 0.406 e. The molecule has 0 fully saturated rings. The zero-order valence-electron chi connectivity index (χ0n) is 11.0. The van der Waals surface area contributed by atoms with Gasteiger partial charge in [0.25, 0.3) is 0 Å². The van der Waals surface area contributed by atoms with Gasteiger partial charge in [-0.2, -0.15) is 0 Å². The third-order valence-corrected chi connectivity index (χ3v) is 2.68. The van der Waals surface area contributed by atoms with Crippen LogP contribution in [0.5, 0.6) is 5.75 Å². The fourth-order valence-corrected chi connectivity index (χ4v) is 1.84. The summed E-state index contributed by atoms with van der Waals surface area (Å²) in [5.74, 6) is -0.197. The van der Waals surface area contributed by atoms with E-state index in [1.165, 1.54) is 12.1 Å². The molecule has 0 aliphatic carbocycles. The van der Waals surface area contributed by atoms with Gasteiger partial charge in [0, 0.05) is 19.8 Å². The fourth-order valence-electron chi connectivity index (χ4n) is 1.84. The number of alkyl halides is 3. The Balaban J connectivity index is 2.72. The van der Waals surface area contributed by atoms with Gasteiger partial charge in [0.15, 0.2) is 0 Å². The molecule has 3 nitrogen and oxygen atoms in total. The number of hydrogen-bond acceptors (Lipinski definition) is 3. The van der Waals surface area contributed by atoms with Crippen LogP contribution in [0.4, 0.5) is 13.2 Å². The molecular formula is C13H18F3NO2. The lowest BCUT2D eigenvalue weighted by atomic mass is 10.0. The predicted molar refractivity (Wildman–Crippen MR) is 66.0 cm³/mol. The molecule has 0 aliphatic heterocycles. The molecule has 0 saturated carbocycles. The van der Waals surface area contributed by atoms with Gasteiger partial charge in [0.05, 0.1) is 0 Å². The van der Waals surface area contributed by atoms with E-state index in [1.807, 2.05) is 0 Å². The fraction of sp³-hybridized carbons (Fsp3) is 0.538. The summed E-state index contributed by atoms with van der Waals surface area (Å²) < 4.78 is 45.3. The van der Waals surface area contributed by atoms with Gasteiger partial charge in [-0.15, -0.1) is 13.2 Å². The second-order valence-electron chi connectivity index (χ2n) is 4.10. The normalized spacial score (nSPS) is 13.3. The van der Waals surface area contributed by atoms with Crippen molar-refractivity contribution in [1.29, 1.82) is 0 Å². The third-order valence-electron chi connectivity index (χ3n) is 2.68. The minimum absolute atomic E-state index is 0.0214. The van der Waals surface area contributed by atoms with Crippen molar-refractivity contribution in [3.05, 3.63) is 29.8 Å². The number of rotatable bonds is 7. The van der Waals surface area contributed by atoms with E-state index in [-0.39, 0.29) is 11.8 Å². The van der Waals surface area contributed by atoms with Crippen molar-refractivity contribution in [3.63, 3.8) is 0 Å². The Hall–Kier alpha value is -1.27. The quantitative estimate of drug-likeness (QED) is 0.776. The molecule has 1 unspecified atom stereocenters. The van der Waals surface area contributed by atoms with E-state index in [2.05, 4.69) is 10.1 Å². The molecular weight excluding hydrogens is 259 g/mol. The second kappa shape index (κ2) is 7.35. The van der Waals surface area contributed by atoms with Crippen LogP contribution in [-0.4, -0.2) is 27.1 Å². The minimum atomic E-state index is -4.66. The topological polar surface area (TPSA) is 30.5 Å². The predicted octanol–water partition coefficient (Wildman–Crippen LogP) is 3.27. The first-order chi connectivity index (χ1) is 8.96. The van der Waals surface area contributed by atoms with Crippen LogP contribution in [0.2, 0.25) is 0 Å². The van der Waals surface area contributed by atoms with Gasteiger partial charge in [-0.05, 0) is 37.6 Å². The van der Waals surface area contributed by atoms with E-state index in [1.54, 1.807) is 26.3 Å². The van der Waals surface area contributed by atoms with Crippen LogP contribution in [0.3, 0.4) is 0 Å². The monoisotopic (exact) mass is 277 g/mol. The van der Waals surface area contributed by atoms with E-state index < -0.39 is 6.36 Å². The molecule has 108 valence electrons. The summed E-state index contributed by atoms with van der Waals surface area (Å²) in [5, 5.41) is 3.07. The Kier molecular flexibility index (Phi) is 6.11. The van der Waals surface area contributed by atoms with Crippen LogP contribution >= 0.6 is 0 Å². The van der Waals surface area contributed by atoms with Crippen LogP contribution in [0, 0.1) is 0 Å². The van der Waals surface area contributed by atoms with Crippen LogP contribution in [0.15, 0.2) is 24.3 Å².